The highest BCUT2D eigenvalue weighted by molar-refractivity contribution is 5.79. The number of hydrogen-bond donors (Lipinski definition) is 0. The second-order valence-electron chi connectivity index (χ2n) is 7.93. The minimum Gasteiger partial charge on any atom is -0.381 e. The van der Waals surface area contributed by atoms with Crippen LogP contribution in [-0.4, -0.2) is 37.1 Å². The molecule has 1 amide bonds. The van der Waals surface area contributed by atoms with Crippen LogP contribution in [0.1, 0.15) is 70.6 Å². The Morgan fingerprint density at radius 2 is 1.59 bits per heavy atom. The minimum absolute atomic E-state index is 0.310. The molecule has 22 heavy (non-hydrogen) atoms. The summed E-state index contributed by atoms with van der Waals surface area (Å²) in [5.41, 5.74) is 0. The molecule has 0 spiro atoms. The molecule has 126 valence electrons. The van der Waals surface area contributed by atoms with Crippen molar-refractivity contribution in [3.05, 3.63) is 0 Å². The van der Waals surface area contributed by atoms with E-state index in [-0.39, 0.29) is 0 Å². The van der Waals surface area contributed by atoms with Gasteiger partial charge in [-0.3, -0.25) is 4.79 Å². The van der Waals surface area contributed by atoms with Gasteiger partial charge in [0.2, 0.25) is 5.91 Å². The van der Waals surface area contributed by atoms with Gasteiger partial charge in [0.05, 0.1) is 6.10 Å². The maximum Gasteiger partial charge on any atom is 0.225 e. The van der Waals surface area contributed by atoms with Gasteiger partial charge in [0.1, 0.15) is 0 Å². The predicted octanol–water partition coefficient (Wildman–Crippen LogP) is 4.01. The van der Waals surface area contributed by atoms with Crippen molar-refractivity contribution in [1.29, 1.82) is 0 Å². The van der Waals surface area contributed by atoms with Crippen LogP contribution in [0.3, 0.4) is 0 Å². The third-order valence-corrected chi connectivity index (χ3v) is 6.76. The molecule has 0 aromatic rings. The molecule has 3 heteroatoms. The van der Waals surface area contributed by atoms with Crippen molar-refractivity contribution in [2.75, 3.05) is 14.2 Å². The molecule has 0 aliphatic heterocycles. The fourth-order valence-corrected chi connectivity index (χ4v) is 5.23. The van der Waals surface area contributed by atoms with Crippen LogP contribution in [0.25, 0.3) is 0 Å². The lowest BCUT2D eigenvalue weighted by atomic mass is 9.67. The van der Waals surface area contributed by atoms with Crippen LogP contribution < -0.4 is 0 Å². The summed E-state index contributed by atoms with van der Waals surface area (Å²) >= 11 is 0. The maximum atomic E-state index is 12.9. The molecule has 0 bridgehead atoms. The minimum atomic E-state index is 0.310. The van der Waals surface area contributed by atoms with Crippen LogP contribution in [0.5, 0.6) is 0 Å². The zero-order valence-corrected chi connectivity index (χ0v) is 14.4. The average Bonchev–Trinajstić information content (AvgIpc) is 2.60. The van der Waals surface area contributed by atoms with E-state index in [1.807, 2.05) is 14.2 Å². The highest BCUT2D eigenvalue weighted by Crippen LogP contribution is 2.43. The maximum absolute atomic E-state index is 12.9. The Bertz CT molecular complexity index is 376. The quantitative estimate of drug-likeness (QED) is 0.788. The number of rotatable bonds is 3. The highest BCUT2D eigenvalue weighted by atomic mass is 16.5. The zero-order chi connectivity index (χ0) is 15.5. The van der Waals surface area contributed by atoms with Gasteiger partial charge >= 0.3 is 0 Å². The van der Waals surface area contributed by atoms with E-state index >= 15 is 0 Å². The number of fused-ring (bicyclic) bond motifs is 1. The number of ether oxygens (including phenoxy) is 1. The monoisotopic (exact) mass is 307 g/mol. The summed E-state index contributed by atoms with van der Waals surface area (Å²) in [5, 5.41) is 0. The summed E-state index contributed by atoms with van der Waals surface area (Å²) in [6.07, 6.45) is 14.0. The van der Waals surface area contributed by atoms with Crippen LogP contribution in [-0.2, 0) is 9.53 Å². The van der Waals surface area contributed by atoms with E-state index in [0.29, 0.717) is 24.0 Å². The Hall–Kier alpha value is -0.570. The van der Waals surface area contributed by atoms with Gasteiger partial charge in [0.25, 0.3) is 0 Å². The molecular weight excluding hydrogens is 274 g/mol. The Morgan fingerprint density at radius 1 is 0.909 bits per heavy atom. The lowest BCUT2D eigenvalue weighted by molar-refractivity contribution is -0.139. The van der Waals surface area contributed by atoms with Crippen molar-refractivity contribution >= 4 is 5.91 Å². The van der Waals surface area contributed by atoms with Gasteiger partial charge in [-0.25, -0.2) is 0 Å². The summed E-state index contributed by atoms with van der Waals surface area (Å²) in [6, 6.07) is 0.447. The molecule has 3 fully saturated rings. The fraction of sp³-hybridized carbons (Fsp3) is 0.947. The van der Waals surface area contributed by atoms with E-state index in [2.05, 4.69) is 4.90 Å². The highest BCUT2D eigenvalue weighted by Gasteiger charge is 2.37. The van der Waals surface area contributed by atoms with Crippen molar-refractivity contribution < 1.29 is 9.53 Å². The summed E-state index contributed by atoms with van der Waals surface area (Å²) in [5.74, 6) is 2.52. The van der Waals surface area contributed by atoms with Crippen LogP contribution >= 0.6 is 0 Å². The van der Waals surface area contributed by atoms with Crippen molar-refractivity contribution in [3.8, 4) is 0 Å². The first-order valence-electron chi connectivity index (χ1n) is 9.48. The number of methoxy groups -OCH3 is 1. The predicted molar refractivity (Wildman–Crippen MR) is 88.6 cm³/mol. The van der Waals surface area contributed by atoms with Gasteiger partial charge in [0.15, 0.2) is 0 Å². The Kier molecular flexibility index (Phi) is 5.43. The van der Waals surface area contributed by atoms with Gasteiger partial charge in [0, 0.05) is 26.1 Å². The first-order chi connectivity index (χ1) is 10.7. The molecule has 0 heterocycles. The van der Waals surface area contributed by atoms with Crippen molar-refractivity contribution in [1.82, 2.24) is 4.90 Å². The van der Waals surface area contributed by atoms with Crippen molar-refractivity contribution in [2.24, 2.45) is 17.8 Å². The topological polar surface area (TPSA) is 29.5 Å². The summed E-state index contributed by atoms with van der Waals surface area (Å²) < 4.78 is 5.45. The van der Waals surface area contributed by atoms with Crippen LogP contribution in [0, 0.1) is 17.8 Å². The molecule has 0 saturated heterocycles. The van der Waals surface area contributed by atoms with Crippen LogP contribution in [0.15, 0.2) is 0 Å². The normalized spacial score (nSPS) is 39.1. The summed E-state index contributed by atoms with van der Waals surface area (Å²) in [6.45, 7) is 0. The largest absolute Gasteiger partial charge is 0.381 e. The van der Waals surface area contributed by atoms with Gasteiger partial charge in [-0.15, -0.1) is 0 Å². The number of hydrogen-bond acceptors (Lipinski definition) is 2. The number of carbonyl (C=O) groups is 1. The molecule has 0 aromatic heterocycles. The Labute approximate surface area is 135 Å². The first-order valence-corrected chi connectivity index (χ1v) is 9.48. The van der Waals surface area contributed by atoms with E-state index in [1.165, 1.54) is 38.5 Å². The molecule has 0 radical (unpaired) electrons. The van der Waals surface area contributed by atoms with E-state index < -0.39 is 0 Å². The summed E-state index contributed by atoms with van der Waals surface area (Å²) in [4.78, 5) is 15.0. The third kappa shape index (κ3) is 3.50. The van der Waals surface area contributed by atoms with Gasteiger partial charge in [-0.2, -0.15) is 0 Å². The number of amides is 1. The third-order valence-electron chi connectivity index (χ3n) is 6.76. The molecule has 0 aromatic carbocycles. The second kappa shape index (κ2) is 7.33. The van der Waals surface area contributed by atoms with Gasteiger partial charge in [-0.05, 0) is 56.8 Å². The molecule has 0 N–H and O–H groups in total. The van der Waals surface area contributed by atoms with Crippen molar-refractivity contribution in [2.45, 2.75) is 82.8 Å². The molecule has 3 rings (SSSR count). The van der Waals surface area contributed by atoms with E-state index in [0.717, 1.165) is 43.9 Å². The zero-order valence-electron chi connectivity index (χ0n) is 14.4. The van der Waals surface area contributed by atoms with Crippen molar-refractivity contribution in [3.63, 3.8) is 0 Å². The molecule has 3 nitrogen and oxygen atoms in total. The molecular formula is C19H33NO2. The summed E-state index contributed by atoms with van der Waals surface area (Å²) in [7, 11) is 3.86. The Balaban J connectivity index is 1.52. The van der Waals surface area contributed by atoms with Gasteiger partial charge in [-0.1, -0.05) is 25.7 Å². The standard InChI is InChI=1S/C19H33NO2/c1-20(17-9-11-18(22-2)12-10-17)19(21)16-8-7-14-5-3-4-6-15(14)13-16/h14-18H,3-13H2,1-2H3/t14-,15-,16-,17?,18?/m1/s1. The van der Waals surface area contributed by atoms with Gasteiger partial charge < -0.3 is 9.64 Å². The molecule has 3 aliphatic carbocycles. The van der Waals surface area contributed by atoms with E-state index in [1.54, 1.807) is 0 Å². The number of nitrogens with zero attached hydrogens (tertiary/aromatic N) is 1. The second-order valence-corrected chi connectivity index (χ2v) is 7.93. The van der Waals surface area contributed by atoms with Crippen LogP contribution in [0.4, 0.5) is 0 Å². The lowest BCUT2D eigenvalue weighted by Crippen LogP contribution is -2.45. The molecule has 3 atom stereocenters. The smallest absolute Gasteiger partial charge is 0.225 e. The fourth-order valence-electron chi connectivity index (χ4n) is 5.23. The first kappa shape index (κ1) is 16.3. The molecule has 3 saturated carbocycles. The van der Waals surface area contributed by atoms with E-state index in [9.17, 15) is 4.79 Å². The van der Waals surface area contributed by atoms with E-state index in [4.69, 9.17) is 4.74 Å². The lowest BCUT2D eigenvalue weighted by Gasteiger charge is -2.41. The average molecular weight is 307 g/mol. The molecule has 3 aliphatic rings. The number of carbonyl (C=O) groups excluding carboxylic acids is 1. The Morgan fingerprint density at radius 3 is 2.27 bits per heavy atom. The van der Waals surface area contributed by atoms with Crippen LogP contribution in [0.2, 0.25) is 0 Å². The molecule has 0 unspecified atom stereocenters. The SMILES string of the molecule is COC1CCC(N(C)C(=O)[C@@H]2CC[C@H]3CCCC[C@@H]3C2)CC1.